The van der Waals surface area contributed by atoms with E-state index in [9.17, 15) is 0 Å². The summed E-state index contributed by atoms with van der Waals surface area (Å²) in [6.45, 7) is 5.83. The van der Waals surface area contributed by atoms with Crippen LogP contribution in [-0.2, 0) is 0 Å². The Balaban J connectivity index is 1.84. The second kappa shape index (κ2) is 5.87. The van der Waals surface area contributed by atoms with Crippen molar-refractivity contribution in [1.82, 2.24) is 9.88 Å². The summed E-state index contributed by atoms with van der Waals surface area (Å²) in [6.07, 6.45) is 5.35. The molecule has 1 aliphatic heterocycles. The van der Waals surface area contributed by atoms with Gasteiger partial charge in [-0.25, -0.2) is 4.98 Å². The van der Waals surface area contributed by atoms with Crippen molar-refractivity contribution < 1.29 is 0 Å². The van der Waals surface area contributed by atoms with Crippen molar-refractivity contribution in [3.05, 3.63) is 18.3 Å². The number of anilines is 2. The highest BCUT2D eigenvalue weighted by Crippen LogP contribution is 2.19. The van der Waals surface area contributed by atoms with Crippen molar-refractivity contribution in [1.29, 1.82) is 0 Å². The van der Waals surface area contributed by atoms with Crippen molar-refractivity contribution in [2.45, 2.75) is 32.2 Å². The van der Waals surface area contributed by atoms with E-state index in [4.69, 9.17) is 5.73 Å². The van der Waals surface area contributed by atoms with E-state index >= 15 is 0 Å². The van der Waals surface area contributed by atoms with Crippen molar-refractivity contribution in [2.24, 2.45) is 0 Å². The number of likely N-dealkylation sites (tertiary alicyclic amines) is 1. The van der Waals surface area contributed by atoms with Gasteiger partial charge in [-0.2, -0.15) is 0 Å². The molecule has 3 N–H and O–H groups in total. The molecule has 0 radical (unpaired) electrons. The van der Waals surface area contributed by atoms with Crippen LogP contribution in [0.15, 0.2) is 18.3 Å². The van der Waals surface area contributed by atoms with Crippen molar-refractivity contribution >= 4 is 11.5 Å². The molecule has 1 aliphatic rings. The standard InChI is InChI=1S/C13H22N4/c1-2-8-17-9-5-11(6-10-17)16-12-4-3-7-15-13(12)14/h3-4,7,11,16H,2,5-6,8-10H2,1H3,(H2,14,15). The minimum Gasteiger partial charge on any atom is -0.382 e. The van der Waals surface area contributed by atoms with Gasteiger partial charge in [0.2, 0.25) is 0 Å². The van der Waals surface area contributed by atoms with E-state index in [1.165, 1.54) is 38.9 Å². The normalized spacial score (nSPS) is 18.2. The second-order valence-corrected chi connectivity index (χ2v) is 4.70. The summed E-state index contributed by atoms with van der Waals surface area (Å²) in [4.78, 5) is 6.63. The van der Waals surface area contributed by atoms with Gasteiger partial charge >= 0.3 is 0 Å². The van der Waals surface area contributed by atoms with E-state index in [0.29, 0.717) is 11.9 Å². The third kappa shape index (κ3) is 3.33. The highest BCUT2D eigenvalue weighted by Gasteiger charge is 2.18. The molecule has 1 fully saturated rings. The molecule has 1 saturated heterocycles. The van der Waals surface area contributed by atoms with E-state index < -0.39 is 0 Å². The zero-order chi connectivity index (χ0) is 12.1. The van der Waals surface area contributed by atoms with E-state index in [2.05, 4.69) is 22.1 Å². The first-order valence-corrected chi connectivity index (χ1v) is 6.49. The molecule has 1 aromatic rings. The molecule has 17 heavy (non-hydrogen) atoms. The first-order valence-electron chi connectivity index (χ1n) is 6.49. The summed E-state index contributed by atoms with van der Waals surface area (Å²) < 4.78 is 0. The Kier molecular flexibility index (Phi) is 4.20. The van der Waals surface area contributed by atoms with Gasteiger partial charge in [0.15, 0.2) is 0 Å². The fraction of sp³-hybridized carbons (Fsp3) is 0.615. The molecule has 2 rings (SSSR count). The minimum atomic E-state index is 0.537. The lowest BCUT2D eigenvalue weighted by Gasteiger charge is -2.32. The molecule has 0 amide bonds. The van der Waals surface area contributed by atoms with Gasteiger partial charge in [0, 0.05) is 25.3 Å². The average Bonchev–Trinajstić information content (AvgIpc) is 2.35. The van der Waals surface area contributed by atoms with E-state index in [1.54, 1.807) is 6.20 Å². The van der Waals surface area contributed by atoms with Crippen LogP contribution in [-0.4, -0.2) is 35.6 Å². The van der Waals surface area contributed by atoms with Gasteiger partial charge in [-0.05, 0) is 37.9 Å². The number of pyridine rings is 1. The van der Waals surface area contributed by atoms with Crippen LogP contribution < -0.4 is 11.1 Å². The number of aromatic nitrogens is 1. The molecule has 4 heteroatoms. The van der Waals surface area contributed by atoms with Crippen LogP contribution in [0.5, 0.6) is 0 Å². The third-order valence-corrected chi connectivity index (χ3v) is 3.33. The minimum absolute atomic E-state index is 0.537. The quantitative estimate of drug-likeness (QED) is 0.836. The van der Waals surface area contributed by atoms with Gasteiger partial charge in [0.25, 0.3) is 0 Å². The Morgan fingerprint density at radius 2 is 2.24 bits per heavy atom. The zero-order valence-corrected chi connectivity index (χ0v) is 10.5. The van der Waals surface area contributed by atoms with Gasteiger partial charge in [0.05, 0.1) is 5.69 Å². The van der Waals surface area contributed by atoms with Crippen LogP contribution in [0.3, 0.4) is 0 Å². The van der Waals surface area contributed by atoms with Crippen LogP contribution in [0.25, 0.3) is 0 Å². The number of hydrogen-bond donors (Lipinski definition) is 2. The van der Waals surface area contributed by atoms with E-state index in [-0.39, 0.29) is 0 Å². The lowest BCUT2D eigenvalue weighted by Crippen LogP contribution is -2.39. The van der Waals surface area contributed by atoms with Crippen LogP contribution in [0.4, 0.5) is 11.5 Å². The second-order valence-electron chi connectivity index (χ2n) is 4.70. The fourth-order valence-corrected chi connectivity index (χ4v) is 2.38. The number of nitrogen functional groups attached to an aromatic ring is 1. The van der Waals surface area contributed by atoms with Crippen molar-refractivity contribution in [2.75, 3.05) is 30.7 Å². The Morgan fingerprint density at radius 3 is 2.88 bits per heavy atom. The fourth-order valence-electron chi connectivity index (χ4n) is 2.38. The molecule has 0 atom stereocenters. The number of nitrogens with zero attached hydrogens (tertiary/aromatic N) is 2. The van der Waals surface area contributed by atoms with Gasteiger partial charge in [0.1, 0.15) is 5.82 Å². The molecule has 4 nitrogen and oxygen atoms in total. The predicted octanol–water partition coefficient (Wildman–Crippen LogP) is 1.95. The summed E-state index contributed by atoms with van der Waals surface area (Å²) in [6, 6.07) is 4.46. The van der Waals surface area contributed by atoms with Crippen LogP contribution in [0, 0.1) is 0 Å². The maximum absolute atomic E-state index is 5.83. The smallest absolute Gasteiger partial charge is 0.146 e. The highest BCUT2D eigenvalue weighted by molar-refractivity contribution is 5.61. The van der Waals surface area contributed by atoms with E-state index in [1.807, 2.05) is 12.1 Å². The number of nitrogens with one attached hydrogen (secondary N) is 1. The summed E-state index contributed by atoms with van der Waals surface area (Å²) in [5.41, 5.74) is 6.80. The van der Waals surface area contributed by atoms with Gasteiger partial charge in [-0.3, -0.25) is 0 Å². The number of rotatable bonds is 4. The predicted molar refractivity (Wildman–Crippen MR) is 72.0 cm³/mol. The Hall–Kier alpha value is -1.29. The molecular formula is C13H22N4. The maximum Gasteiger partial charge on any atom is 0.146 e. The van der Waals surface area contributed by atoms with Gasteiger partial charge in [-0.15, -0.1) is 0 Å². The number of hydrogen-bond acceptors (Lipinski definition) is 4. The summed E-state index contributed by atoms with van der Waals surface area (Å²) in [5.74, 6) is 0.600. The van der Waals surface area contributed by atoms with Gasteiger partial charge in [-0.1, -0.05) is 6.92 Å². The largest absolute Gasteiger partial charge is 0.382 e. The monoisotopic (exact) mass is 234 g/mol. The first-order chi connectivity index (χ1) is 8.29. The molecule has 2 heterocycles. The Labute approximate surface area is 103 Å². The molecule has 1 aromatic heterocycles. The highest BCUT2D eigenvalue weighted by atomic mass is 15.1. The molecule has 0 spiro atoms. The molecule has 0 aromatic carbocycles. The number of piperidine rings is 1. The number of nitrogens with two attached hydrogens (primary N) is 1. The summed E-state index contributed by atoms with van der Waals surface area (Å²) >= 11 is 0. The molecule has 0 saturated carbocycles. The summed E-state index contributed by atoms with van der Waals surface area (Å²) in [7, 11) is 0. The molecule has 0 aliphatic carbocycles. The molecule has 0 bridgehead atoms. The van der Waals surface area contributed by atoms with Crippen LogP contribution in [0.1, 0.15) is 26.2 Å². The SMILES string of the molecule is CCCN1CCC(Nc2cccnc2N)CC1. The lowest BCUT2D eigenvalue weighted by molar-refractivity contribution is 0.219. The van der Waals surface area contributed by atoms with Crippen LogP contribution in [0.2, 0.25) is 0 Å². The summed E-state index contributed by atoms with van der Waals surface area (Å²) in [5, 5.41) is 3.50. The van der Waals surface area contributed by atoms with Crippen molar-refractivity contribution in [3.8, 4) is 0 Å². The van der Waals surface area contributed by atoms with Crippen LogP contribution >= 0.6 is 0 Å². The zero-order valence-electron chi connectivity index (χ0n) is 10.5. The molecular weight excluding hydrogens is 212 g/mol. The van der Waals surface area contributed by atoms with Crippen molar-refractivity contribution in [3.63, 3.8) is 0 Å². The third-order valence-electron chi connectivity index (χ3n) is 3.33. The maximum atomic E-state index is 5.83. The average molecular weight is 234 g/mol. The first kappa shape index (κ1) is 12.2. The topological polar surface area (TPSA) is 54.2 Å². The Bertz CT molecular complexity index is 345. The molecule has 94 valence electrons. The Morgan fingerprint density at radius 1 is 1.47 bits per heavy atom. The van der Waals surface area contributed by atoms with E-state index in [0.717, 1.165) is 5.69 Å². The molecule has 0 unspecified atom stereocenters. The van der Waals surface area contributed by atoms with Gasteiger partial charge < -0.3 is 16.0 Å². The lowest BCUT2D eigenvalue weighted by atomic mass is 10.0.